The molecule has 4 heterocycles. The van der Waals surface area contributed by atoms with Crippen LogP contribution in [0.1, 0.15) is 77.8 Å². The van der Waals surface area contributed by atoms with Crippen molar-refractivity contribution in [3.8, 4) is 0 Å². The van der Waals surface area contributed by atoms with E-state index in [1.807, 2.05) is 13.0 Å². The molecule has 1 N–H and O–H groups in total. The normalized spacial score (nSPS) is 19.3. The Hall–Kier alpha value is -2.74. The summed E-state index contributed by atoms with van der Waals surface area (Å²) in [5.74, 6) is 0.264. The molecule has 0 aliphatic carbocycles. The number of rotatable bonds is 3. The van der Waals surface area contributed by atoms with Gasteiger partial charge in [-0.25, -0.2) is 4.98 Å². The summed E-state index contributed by atoms with van der Waals surface area (Å²) in [5.41, 5.74) is 2.87. The molecule has 0 spiro atoms. The number of H-pyrrole nitrogens is 1. The van der Waals surface area contributed by atoms with Crippen molar-refractivity contribution in [3.63, 3.8) is 0 Å². The summed E-state index contributed by atoms with van der Waals surface area (Å²) >= 11 is 0. The molecule has 4 rings (SSSR count). The van der Waals surface area contributed by atoms with E-state index in [0.717, 1.165) is 49.2 Å². The van der Waals surface area contributed by atoms with Crippen LogP contribution in [-0.4, -0.2) is 49.4 Å². The Morgan fingerprint density at radius 1 is 1.19 bits per heavy atom. The number of pyridine rings is 1. The topological polar surface area (TPSA) is 91.3 Å². The molecule has 8 heteroatoms. The second-order valence-electron chi connectivity index (χ2n) is 9.41. The molecule has 2 aliphatic rings. The number of hydrogen-bond donors (Lipinski definition) is 1. The quantitative estimate of drug-likeness (QED) is 0.792. The number of hydrogen-bond acceptors (Lipinski definition) is 5. The van der Waals surface area contributed by atoms with Gasteiger partial charge in [0.25, 0.3) is 17.0 Å². The van der Waals surface area contributed by atoms with Gasteiger partial charge >= 0.3 is 0 Å². The van der Waals surface area contributed by atoms with E-state index in [4.69, 9.17) is 4.98 Å². The zero-order valence-electron chi connectivity index (χ0n) is 19.7. The third-order valence-electron chi connectivity index (χ3n) is 7.01. The fourth-order valence-electron chi connectivity index (χ4n) is 4.91. The molecule has 32 heavy (non-hydrogen) atoms. The van der Waals surface area contributed by atoms with Crippen molar-refractivity contribution in [2.75, 3.05) is 13.1 Å². The third-order valence-corrected chi connectivity index (χ3v) is 7.01. The van der Waals surface area contributed by atoms with Crippen LogP contribution in [0.4, 0.5) is 0 Å². The lowest BCUT2D eigenvalue weighted by atomic mass is 9.98. The molecule has 0 saturated carbocycles. The molecule has 0 aromatic carbocycles. The van der Waals surface area contributed by atoms with Crippen LogP contribution in [0.3, 0.4) is 0 Å². The molecule has 0 radical (unpaired) electrons. The van der Waals surface area contributed by atoms with Crippen LogP contribution in [-0.2, 0) is 20.0 Å². The maximum absolute atomic E-state index is 13.6. The zero-order chi connectivity index (χ0) is 23.2. The Kier molecular flexibility index (Phi) is 6.07. The van der Waals surface area contributed by atoms with E-state index in [1.54, 1.807) is 18.9 Å². The van der Waals surface area contributed by atoms with Crippen LogP contribution < -0.4 is 11.1 Å². The third kappa shape index (κ3) is 3.92. The molecule has 0 bridgehead atoms. The minimum Gasteiger partial charge on any atom is -0.328 e. The molecular formula is C24H33N5O3. The standard InChI is InChI=1S/C24H33N5O3/c1-14(2)28-11-9-18-17(13-28)22(30)26-21(25-18)19-8-6-7-10-29(19)24(32)20-15(3)12-16(4)27(5)23(20)31/h12,14,19H,6-11,13H2,1-5H3,(H,25,26,30)/t19-/m1/s1. The molecule has 2 aromatic rings. The van der Waals surface area contributed by atoms with Crippen molar-refractivity contribution >= 4 is 5.91 Å². The zero-order valence-corrected chi connectivity index (χ0v) is 19.7. The number of carbonyl (C=O) groups excluding carboxylic acids is 1. The average molecular weight is 440 g/mol. The largest absolute Gasteiger partial charge is 0.328 e. The van der Waals surface area contributed by atoms with E-state index in [9.17, 15) is 14.4 Å². The average Bonchev–Trinajstić information content (AvgIpc) is 2.77. The molecule has 2 aliphatic heterocycles. The van der Waals surface area contributed by atoms with Gasteiger partial charge in [0.05, 0.1) is 17.3 Å². The molecule has 0 unspecified atom stereocenters. The van der Waals surface area contributed by atoms with Crippen molar-refractivity contribution in [2.45, 2.75) is 72.0 Å². The Bertz CT molecular complexity index is 1160. The summed E-state index contributed by atoms with van der Waals surface area (Å²) < 4.78 is 1.51. The summed E-state index contributed by atoms with van der Waals surface area (Å²) in [6.07, 6.45) is 3.26. The first-order valence-electron chi connectivity index (χ1n) is 11.5. The molecule has 2 aromatic heterocycles. The SMILES string of the molecule is Cc1cc(C)n(C)c(=O)c1C(=O)N1CCCC[C@@H]1c1nc2c(c(=O)[nH]1)CN(C(C)C)CC2. The first-order chi connectivity index (χ1) is 15.2. The highest BCUT2D eigenvalue weighted by Gasteiger charge is 2.34. The highest BCUT2D eigenvalue weighted by molar-refractivity contribution is 5.95. The lowest BCUT2D eigenvalue weighted by molar-refractivity contribution is 0.0595. The Morgan fingerprint density at radius 3 is 2.66 bits per heavy atom. The molecule has 1 saturated heterocycles. The summed E-state index contributed by atoms with van der Waals surface area (Å²) in [6, 6.07) is 1.91. The molecule has 1 fully saturated rings. The summed E-state index contributed by atoms with van der Waals surface area (Å²) in [7, 11) is 1.69. The smallest absolute Gasteiger partial charge is 0.263 e. The van der Waals surface area contributed by atoms with Crippen molar-refractivity contribution in [3.05, 3.63) is 60.7 Å². The van der Waals surface area contributed by atoms with Gasteiger partial charge in [-0.15, -0.1) is 0 Å². The molecule has 172 valence electrons. The van der Waals surface area contributed by atoms with Crippen molar-refractivity contribution in [2.24, 2.45) is 7.05 Å². The van der Waals surface area contributed by atoms with Gasteiger partial charge in [0.15, 0.2) is 0 Å². The number of piperidine rings is 1. The molecular weight excluding hydrogens is 406 g/mol. The Labute approximate surface area is 188 Å². The number of nitrogens with one attached hydrogen (secondary N) is 1. The van der Waals surface area contributed by atoms with Crippen molar-refractivity contribution < 1.29 is 4.79 Å². The number of fused-ring (bicyclic) bond motifs is 1. The molecule has 1 amide bonds. The van der Waals surface area contributed by atoms with Crippen LogP contribution in [0, 0.1) is 13.8 Å². The summed E-state index contributed by atoms with van der Waals surface area (Å²) in [6.45, 7) is 9.93. The highest BCUT2D eigenvalue weighted by atomic mass is 16.2. The lowest BCUT2D eigenvalue weighted by Gasteiger charge is -2.36. The van der Waals surface area contributed by atoms with Gasteiger partial charge in [0.1, 0.15) is 11.4 Å². The van der Waals surface area contributed by atoms with E-state index in [2.05, 4.69) is 23.7 Å². The predicted octanol–water partition coefficient (Wildman–Crippen LogP) is 2.22. The Morgan fingerprint density at radius 2 is 1.94 bits per heavy atom. The van der Waals surface area contributed by atoms with Gasteiger partial charge in [0.2, 0.25) is 0 Å². The van der Waals surface area contributed by atoms with Crippen LogP contribution in [0.5, 0.6) is 0 Å². The van der Waals surface area contributed by atoms with E-state index < -0.39 is 0 Å². The van der Waals surface area contributed by atoms with Crippen molar-refractivity contribution in [1.82, 2.24) is 24.3 Å². The van der Waals surface area contributed by atoms with Gasteiger partial charge in [-0.2, -0.15) is 0 Å². The van der Waals surface area contributed by atoms with Gasteiger partial charge in [0, 0.05) is 44.8 Å². The van der Waals surface area contributed by atoms with E-state index >= 15 is 0 Å². The van der Waals surface area contributed by atoms with Crippen LogP contribution in [0.15, 0.2) is 15.7 Å². The summed E-state index contributed by atoms with van der Waals surface area (Å²) in [5, 5.41) is 0. The maximum atomic E-state index is 13.6. The van der Waals surface area contributed by atoms with Crippen LogP contribution in [0.2, 0.25) is 0 Å². The molecule has 1 atom stereocenters. The van der Waals surface area contributed by atoms with E-state index in [0.29, 0.717) is 30.5 Å². The van der Waals surface area contributed by atoms with E-state index in [1.165, 1.54) is 4.57 Å². The lowest BCUT2D eigenvalue weighted by Crippen LogP contribution is -2.44. The summed E-state index contributed by atoms with van der Waals surface area (Å²) in [4.78, 5) is 51.2. The number of aryl methyl sites for hydroxylation is 2. The fraction of sp³-hybridized carbons (Fsp3) is 0.583. The number of carbonyl (C=O) groups is 1. The van der Waals surface area contributed by atoms with Gasteiger partial charge in [-0.1, -0.05) is 0 Å². The van der Waals surface area contributed by atoms with Crippen LogP contribution >= 0.6 is 0 Å². The number of likely N-dealkylation sites (tertiary alicyclic amines) is 1. The minimum atomic E-state index is -0.331. The van der Waals surface area contributed by atoms with Gasteiger partial charge < -0.3 is 14.5 Å². The Balaban J connectivity index is 1.71. The minimum absolute atomic E-state index is 0.115. The first kappa shape index (κ1) is 22.5. The highest BCUT2D eigenvalue weighted by Crippen LogP contribution is 2.31. The van der Waals surface area contributed by atoms with E-state index in [-0.39, 0.29) is 28.6 Å². The molecule has 8 nitrogen and oxygen atoms in total. The first-order valence-corrected chi connectivity index (χ1v) is 11.5. The maximum Gasteiger partial charge on any atom is 0.263 e. The number of aromatic nitrogens is 3. The number of aromatic amines is 1. The van der Waals surface area contributed by atoms with Gasteiger partial charge in [-0.05, 0) is 58.6 Å². The van der Waals surface area contributed by atoms with Crippen molar-refractivity contribution in [1.29, 1.82) is 0 Å². The second-order valence-corrected chi connectivity index (χ2v) is 9.41. The second kappa shape index (κ2) is 8.65. The fourth-order valence-corrected chi connectivity index (χ4v) is 4.91. The number of nitrogens with zero attached hydrogens (tertiary/aromatic N) is 4. The van der Waals surface area contributed by atoms with Gasteiger partial charge in [-0.3, -0.25) is 19.3 Å². The number of amides is 1. The van der Waals surface area contributed by atoms with Crippen LogP contribution in [0.25, 0.3) is 0 Å². The monoisotopic (exact) mass is 439 g/mol. The predicted molar refractivity (Wildman–Crippen MR) is 123 cm³/mol.